The minimum atomic E-state index is -3.42. The molecule has 1 aliphatic rings. The minimum Gasteiger partial charge on any atom is -0.352 e. The van der Waals surface area contributed by atoms with Crippen molar-refractivity contribution in [2.75, 3.05) is 0 Å². The lowest BCUT2D eigenvalue weighted by atomic mass is 10.2. The molecule has 1 amide bonds. The first kappa shape index (κ1) is 16.2. The number of carbonyl (C=O) groups excluding carboxylic acids is 1. The van der Waals surface area contributed by atoms with E-state index in [0.717, 1.165) is 23.3 Å². The maximum absolute atomic E-state index is 12.1. The average molecular weight is 350 g/mol. The zero-order valence-corrected chi connectivity index (χ0v) is 14.1. The SMILES string of the molecule is O=C(Cc1cccs1)NCc1ccc(S(=O)(=O)NC2CC2)cc1. The molecule has 0 bridgehead atoms. The van der Waals surface area contributed by atoms with Gasteiger partial charge in [0, 0.05) is 17.5 Å². The summed E-state index contributed by atoms with van der Waals surface area (Å²) < 4.78 is 26.8. The van der Waals surface area contributed by atoms with Gasteiger partial charge in [-0.1, -0.05) is 18.2 Å². The van der Waals surface area contributed by atoms with E-state index in [1.54, 1.807) is 35.6 Å². The molecule has 3 rings (SSSR count). The Labute approximate surface area is 139 Å². The molecular weight excluding hydrogens is 332 g/mol. The molecule has 0 aliphatic heterocycles. The van der Waals surface area contributed by atoms with E-state index in [9.17, 15) is 13.2 Å². The lowest BCUT2D eigenvalue weighted by molar-refractivity contribution is -0.120. The fourth-order valence-electron chi connectivity index (χ4n) is 2.11. The first-order valence-electron chi connectivity index (χ1n) is 7.43. The summed E-state index contributed by atoms with van der Waals surface area (Å²) in [6.45, 7) is 0.389. The van der Waals surface area contributed by atoms with Crippen molar-refractivity contribution in [2.45, 2.75) is 36.7 Å². The number of hydrogen-bond acceptors (Lipinski definition) is 4. The van der Waals surface area contributed by atoms with Crippen molar-refractivity contribution in [2.24, 2.45) is 0 Å². The first-order valence-corrected chi connectivity index (χ1v) is 9.79. The predicted molar refractivity (Wildman–Crippen MR) is 89.7 cm³/mol. The summed E-state index contributed by atoms with van der Waals surface area (Å²) in [5, 5.41) is 4.78. The fraction of sp³-hybridized carbons (Fsp3) is 0.312. The van der Waals surface area contributed by atoms with Gasteiger partial charge in [0.15, 0.2) is 0 Å². The summed E-state index contributed by atoms with van der Waals surface area (Å²) in [5.74, 6) is -0.0421. The molecular formula is C16H18N2O3S2. The Morgan fingerprint density at radius 2 is 1.91 bits per heavy atom. The van der Waals surface area contributed by atoms with E-state index in [1.807, 2.05) is 17.5 Å². The first-order chi connectivity index (χ1) is 11.0. The minimum absolute atomic E-state index is 0.0421. The third kappa shape index (κ3) is 4.63. The molecule has 1 fully saturated rings. The van der Waals surface area contributed by atoms with E-state index < -0.39 is 10.0 Å². The molecule has 2 N–H and O–H groups in total. The van der Waals surface area contributed by atoms with Gasteiger partial charge < -0.3 is 5.32 Å². The van der Waals surface area contributed by atoms with E-state index in [0.29, 0.717) is 13.0 Å². The van der Waals surface area contributed by atoms with Crippen molar-refractivity contribution in [3.63, 3.8) is 0 Å². The highest BCUT2D eigenvalue weighted by molar-refractivity contribution is 7.89. The van der Waals surface area contributed by atoms with Gasteiger partial charge in [-0.05, 0) is 42.0 Å². The second-order valence-electron chi connectivity index (χ2n) is 5.57. The summed E-state index contributed by atoms with van der Waals surface area (Å²) in [4.78, 5) is 13.1. The van der Waals surface area contributed by atoms with E-state index in [-0.39, 0.29) is 16.8 Å². The lowest BCUT2D eigenvalue weighted by Gasteiger charge is -2.08. The van der Waals surface area contributed by atoms with Crippen LogP contribution >= 0.6 is 11.3 Å². The molecule has 23 heavy (non-hydrogen) atoms. The van der Waals surface area contributed by atoms with Crippen LogP contribution < -0.4 is 10.0 Å². The molecule has 0 atom stereocenters. The van der Waals surface area contributed by atoms with Gasteiger partial charge in [0.05, 0.1) is 11.3 Å². The van der Waals surface area contributed by atoms with E-state index in [1.165, 1.54) is 0 Å². The van der Waals surface area contributed by atoms with Crippen LogP contribution in [0.3, 0.4) is 0 Å². The van der Waals surface area contributed by atoms with Gasteiger partial charge in [-0.2, -0.15) is 0 Å². The van der Waals surface area contributed by atoms with Crippen LogP contribution in [0.5, 0.6) is 0 Å². The van der Waals surface area contributed by atoms with Gasteiger partial charge in [-0.25, -0.2) is 13.1 Å². The zero-order valence-electron chi connectivity index (χ0n) is 12.5. The number of hydrogen-bond donors (Lipinski definition) is 2. The van der Waals surface area contributed by atoms with Crippen LogP contribution in [0.25, 0.3) is 0 Å². The van der Waals surface area contributed by atoms with Gasteiger partial charge in [0.1, 0.15) is 0 Å². The molecule has 122 valence electrons. The molecule has 0 spiro atoms. The average Bonchev–Trinajstić information content (AvgIpc) is 3.17. The molecule has 5 nitrogen and oxygen atoms in total. The maximum atomic E-state index is 12.1. The lowest BCUT2D eigenvalue weighted by Crippen LogP contribution is -2.26. The molecule has 1 saturated carbocycles. The third-order valence-corrected chi connectivity index (χ3v) is 5.95. The molecule has 2 aromatic rings. The number of amides is 1. The number of sulfonamides is 1. The number of thiophene rings is 1. The summed E-state index contributed by atoms with van der Waals surface area (Å²) in [6, 6.07) is 10.5. The second kappa shape index (κ2) is 6.82. The van der Waals surface area contributed by atoms with Crippen molar-refractivity contribution in [1.82, 2.24) is 10.0 Å². The quantitative estimate of drug-likeness (QED) is 0.802. The zero-order chi connectivity index (χ0) is 16.3. The highest BCUT2D eigenvalue weighted by Gasteiger charge is 2.27. The van der Waals surface area contributed by atoms with Crippen molar-refractivity contribution in [3.8, 4) is 0 Å². The summed E-state index contributed by atoms with van der Waals surface area (Å²) in [6.07, 6.45) is 2.19. The smallest absolute Gasteiger partial charge is 0.240 e. The van der Waals surface area contributed by atoms with Gasteiger partial charge in [0.2, 0.25) is 15.9 Å². The van der Waals surface area contributed by atoms with Crippen LogP contribution in [0.15, 0.2) is 46.7 Å². The Bertz CT molecular complexity index is 764. The normalized spacial score (nSPS) is 14.6. The Balaban J connectivity index is 1.54. The van der Waals surface area contributed by atoms with Crippen LogP contribution in [0.2, 0.25) is 0 Å². The monoisotopic (exact) mass is 350 g/mol. The largest absolute Gasteiger partial charge is 0.352 e. The number of rotatable bonds is 7. The highest BCUT2D eigenvalue weighted by atomic mass is 32.2. The van der Waals surface area contributed by atoms with Crippen molar-refractivity contribution < 1.29 is 13.2 Å². The Kier molecular flexibility index (Phi) is 4.79. The third-order valence-electron chi connectivity index (χ3n) is 3.54. The second-order valence-corrected chi connectivity index (χ2v) is 8.32. The number of benzene rings is 1. The van der Waals surface area contributed by atoms with Gasteiger partial charge in [-0.3, -0.25) is 4.79 Å². The van der Waals surface area contributed by atoms with Crippen LogP contribution in [-0.2, 0) is 27.8 Å². The number of nitrogens with one attached hydrogen (secondary N) is 2. The van der Waals surface area contributed by atoms with Crippen molar-refractivity contribution >= 4 is 27.3 Å². The molecule has 1 heterocycles. The molecule has 1 aliphatic carbocycles. The van der Waals surface area contributed by atoms with Crippen LogP contribution in [0.1, 0.15) is 23.3 Å². The Morgan fingerprint density at radius 1 is 1.17 bits per heavy atom. The predicted octanol–water partition coefficient (Wildman–Crippen LogP) is 2.05. The highest BCUT2D eigenvalue weighted by Crippen LogP contribution is 2.22. The van der Waals surface area contributed by atoms with E-state index in [2.05, 4.69) is 10.0 Å². The van der Waals surface area contributed by atoms with Gasteiger partial charge >= 0.3 is 0 Å². The molecule has 1 aromatic heterocycles. The summed E-state index contributed by atoms with van der Waals surface area (Å²) >= 11 is 1.55. The molecule has 0 saturated heterocycles. The Morgan fingerprint density at radius 3 is 2.52 bits per heavy atom. The molecule has 0 radical (unpaired) electrons. The van der Waals surface area contributed by atoms with E-state index in [4.69, 9.17) is 0 Å². The number of carbonyl (C=O) groups is 1. The molecule has 1 aromatic carbocycles. The molecule has 0 unspecified atom stereocenters. The standard InChI is InChI=1S/C16H18N2O3S2/c19-16(10-14-2-1-9-22-14)17-11-12-3-7-15(8-4-12)23(20,21)18-13-5-6-13/h1-4,7-9,13,18H,5-6,10-11H2,(H,17,19). The van der Waals surface area contributed by atoms with Crippen LogP contribution in [-0.4, -0.2) is 20.4 Å². The van der Waals surface area contributed by atoms with E-state index >= 15 is 0 Å². The summed E-state index contributed by atoms with van der Waals surface area (Å²) in [5.41, 5.74) is 0.870. The van der Waals surface area contributed by atoms with Gasteiger partial charge in [0.25, 0.3) is 0 Å². The van der Waals surface area contributed by atoms with Crippen LogP contribution in [0, 0.1) is 0 Å². The summed E-state index contributed by atoms with van der Waals surface area (Å²) in [7, 11) is -3.42. The Hall–Kier alpha value is -1.70. The van der Waals surface area contributed by atoms with Crippen LogP contribution in [0.4, 0.5) is 0 Å². The maximum Gasteiger partial charge on any atom is 0.240 e. The van der Waals surface area contributed by atoms with Gasteiger partial charge in [-0.15, -0.1) is 11.3 Å². The topological polar surface area (TPSA) is 75.3 Å². The fourth-order valence-corrected chi connectivity index (χ4v) is 4.12. The molecule has 7 heteroatoms. The van der Waals surface area contributed by atoms with Crippen molar-refractivity contribution in [1.29, 1.82) is 0 Å². The van der Waals surface area contributed by atoms with Crippen molar-refractivity contribution in [3.05, 3.63) is 52.2 Å².